The molecule has 0 saturated carbocycles. The topological polar surface area (TPSA) is 273 Å². The summed E-state index contributed by atoms with van der Waals surface area (Å²) in [6.45, 7) is 32.3. The van der Waals surface area contributed by atoms with E-state index in [9.17, 15) is 43.8 Å². The second-order valence-corrected chi connectivity index (χ2v) is 28.0. The highest BCUT2D eigenvalue weighted by Crippen LogP contribution is 2.43. The van der Waals surface area contributed by atoms with Gasteiger partial charge in [-0.2, -0.15) is 0 Å². The maximum absolute atomic E-state index is 12.7. The van der Waals surface area contributed by atoms with Crippen LogP contribution in [0.25, 0.3) is 0 Å². The van der Waals surface area contributed by atoms with E-state index in [1.54, 1.807) is 57.2 Å². The minimum Gasteiger partial charge on any atom is -0.390 e. The first-order valence-electron chi connectivity index (χ1n) is 37.5. The van der Waals surface area contributed by atoms with E-state index < -0.39 is 35.6 Å². The molecule has 6 heterocycles. The highest BCUT2D eigenvalue weighted by Gasteiger charge is 2.44. The molecule has 4 amide bonds. The van der Waals surface area contributed by atoms with E-state index in [0.717, 1.165) is 154 Å². The van der Waals surface area contributed by atoms with Gasteiger partial charge in [-0.25, -0.2) is 0 Å². The largest absolute Gasteiger partial charge is 0.390 e. The Balaban J connectivity index is 0.000000523. The lowest BCUT2D eigenvalue weighted by Crippen LogP contribution is -2.48. The normalized spacial score (nSPS) is 27.8. The summed E-state index contributed by atoms with van der Waals surface area (Å²) in [5, 5.41) is 32.0. The number of ketones is 3. The zero-order chi connectivity index (χ0) is 73.6. The number of carbonyl (C=O) groups is 7. The lowest BCUT2D eigenvalue weighted by atomic mass is 9.89. The van der Waals surface area contributed by atoms with Gasteiger partial charge in [0.1, 0.15) is 5.78 Å². The Morgan fingerprint density at radius 3 is 1.23 bits per heavy atom. The molecule has 0 aromatic carbocycles. The van der Waals surface area contributed by atoms with Gasteiger partial charge in [0.2, 0.25) is 23.6 Å². The van der Waals surface area contributed by atoms with Crippen molar-refractivity contribution in [2.45, 2.75) is 321 Å². The molecule has 566 valence electrons. The summed E-state index contributed by atoms with van der Waals surface area (Å²) in [7, 11) is 1.53. The molecule has 6 saturated heterocycles. The Kier molecular flexibility index (Phi) is 47.3. The smallest absolute Gasteiger partial charge is 0.225 e. The van der Waals surface area contributed by atoms with Gasteiger partial charge < -0.3 is 64.6 Å². The van der Waals surface area contributed by atoms with Crippen molar-refractivity contribution in [3.63, 3.8) is 0 Å². The van der Waals surface area contributed by atoms with Gasteiger partial charge in [-0.15, -0.1) is 26.3 Å². The monoisotopic (exact) mass is 1390 g/mol. The van der Waals surface area contributed by atoms with Crippen molar-refractivity contribution in [2.75, 3.05) is 39.9 Å². The Morgan fingerprint density at radius 2 is 0.879 bits per heavy atom. The molecule has 0 radical (unpaired) electrons. The standard InChI is InChI=1S/C34H56N2O7.C25H44N2O6.C14H22O3.2C3H6/c1-5-7-12-27-13-8-18-34(42-27)19-9-14-28(43-34)15-10-20-35-33(40)25(4)30(38)23-36-32(39)22-31-24(3)16-17-29(41-31)21-26(37)11-6-2;1-4-5-9-20-10-6-14-25(32-20)15-7-11-21(33-25)12-8-16-26-24(30)19(2)22(28)18-27-23(29)13-17-31-3;1-4-5-12(16)9-13-7-6-10(2)14(17-13)8-11(3)15;2*1-3-2/h5-6,11,24-25,27-31,38H,1,7-10,12-23H2,2-4H3,(H,35,40)(H,36,39);4,19-22,28H,1,5-18H2,2-3H3,(H,26,30)(H,27,29);4-5,10,13-14H,6-9H2,1-3H3;2*3H,1H2,2H3/b11-6+;;5-4+;;/t24?,25-,27+,28-,29-,30-,31?,34-;19-,20+,21-,22-,25-;10?,13-,14?;;/m000../s1. The first-order valence-corrected chi connectivity index (χ1v) is 37.5. The van der Waals surface area contributed by atoms with Crippen LogP contribution >= 0.6 is 0 Å². The van der Waals surface area contributed by atoms with Crippen molar-refractivity contribution in [1.82, 2.24) is 21.3 Å². The molecule has 2 spiro atoms. The summed E-state index contributed by atoms with van der Waals surface area (Å²) >= 11 is 0. The second-order valence-electron chi connectivity index (χ2n) is 28.0. The van der Waals surface area contributed by atoms with Crippen LogP contribution in [-0.2, 0) is 66.7 Å². The highest BCUT2D eigenvalue weighted by molar-refractivity contribution is 5.90. The number of aliphatic hydroxyl groups excluding tert-OH is 2. The zero-order valence-corrected chi connectivity index (χ0v) is 62.7. The van der Waals surface area contributed by atoms with Crippen LogP contribution in [0.3, 0.4) is 0 Å². The molecular weight excluding hydrogens is 1260 g/mol. The van der Waals surface area contributed by atoms with Gasteiger partial charge in [0.25, 0.3) is 0 Å². The second kappa shape index (κ2) is 52.0. The number of methoxy groups -OCH3 is 1. The van der Waals surface area contributed by atoms with Gasteiger partial charge in [0.05, 0.1) is 85.9 Å². The summed E-state index contributed by atoms with van der Waals surface area (Å²) < 4.78 is 42.6. The zero-order valence-electron chi connectivity index (χ0n) is 62.7. The number of amides is 4. The molecule has 20 heteroatoms. The SMILES string of the molecule is C/C=C/C(=O)C[C@@H]1CCC(C)C(CC(C)=O)O1.C=CC.C=CC.C=CCC[C@@H]1CCC[C@]2(CCC[C@@H](CCCNC(=O)[C@@H](C)[C@@H](O)CNC(=O)CC3O[C@H](CC(=O)/C=C/C)CCC3C)O2)O1.C=CCC[C@@H]1CCC[C@]2(CCC[C@@H](CCCNC(=O)[C@@H](C)[C@@H](O)CNC(=O)CCOC)O2)O1. The molecule has 16 atom stereocenters. The number of hydrogen-bond acceptors (Lipinski definition) is 16. The van der Waals surface area contributed by atoms with Crippen LogP contribution in [-0.4, -0.2) is 164 Å². The Hall–Kier alpha value is -5.03. The molecule has 0 aromatic rings. The summed E-state index contributed by atoms with van der Waals surface area (Å²) in [6, 6.07) is 0. The molecule has 6 aliphatic heterocycles. The van der Waals surface area contributed by atoms with Gasteiger partial charge in [-0.3, -0.25) is 33.6 Å². The van der Waals surface area contributed by atoms with Crippen molar-refractivity contribution in [3.8, 4) is 0 Å². The van der Waals surface area contributed by atoms with E-state index in [-0.39, 0.29) is 122 Å². The summed E-state index contributed by atoms with van der Waals surface area (Å²) in [5.74, 6) is -2.14. The van der Waals surface area contributed by atoms with Crippen LogP contribution in [0.4, 0.5) is 0 Å². The number of Topliss-reactive ketones (excluding diaryl/α,β-unsaturated/α-hetero) is 1. The van der Waals surface area contributed by atoms with E-state index in [2.05, 4.69) is 54.5 Å². The van der Waals surface area contributed by atoms with Crippen molar-refractivity contribution in [3.05, 3.63) is 74.9 Å². The minimum absolute atomic E-state index is 0.00958. The van der Waals surface area contributed by atoms with Crippen molar-refractivity contribution in [2.24, 2.45) is 23.7 Å². The third-order valence-electron chi connectivity index (χ3n) is 19.1. The van der Waals surface area contributed by atoms with Crippen LogP contribution in [0, 0.1) is 23.7 Å². The molecule has 20 nitrogen and oxygen atoms in total. The predicted molar refractivity (Wildman–Crippen MR) is 391 cm³/mol. The number of rotatable bonds is 35. The first-order chi connectivity index (χ1) is 47.4. The molecule has 0 bridgehead atoms. The number of allylic oxidation sites excluding steroid dienone is 8. The maximum atomic E-state index is 12.7. The predicted octanol–water partition coefficient (Wildman–Crippen LogP) is 12.8. The van der Waals surface area contributed by atoms with Crippen molar-refractivity contribution < 1.29 is 76.9 Å². The van der Waals surface area contributed by atoms with Gasteiger partial charge in [0.15, 0.2) is 23.1 Å². The summed E-state index contributed by atoms with van der Waals surface area (Å²) in [4.78, 5) is 83.8. The third-order valence-corrected chi connectivity index (χ3v) is 19.1. The quantitative estimate of drug-likeness (QED) is 0.0196. The third kappa shape index (κ3) is 37.6. The van der Waals surface area contributed by atoms with Gasteiger partial charge in [-0.05, 0) is 187 Å². The van der Waals surface area contributed by atoms with Crippen LogP contribution in [0.5, 0.6) is 0 Å². The Morgan fingerprint density at radius 1 is 0.515 bits per heavy atom. The van der Waals surface area contributed by atoms with E-state index in [1.807, 2.05) is 46.8 Å². The molecule has 99 heavy (non-hydrogen) atoms. The number of hydrogen-bond donors (Lipinski definition) is 6. The van der Waals surface area contributed by atoms with Crippen LogP contribution in [0.15, 0.2) is 74.9 Å². The van der Waals surface area contributed by atoms with Gasteiger partial charge >= 0.3 is 0 Å². The molecule has 6 aliphatic rings. The summed E-state index contributed by atoms with van der Waals surface area (Å²) in [6.07, 6.45) is 37.3. The molecular formula is C79H134N4O16. The number of aliphatic hydroxyl groups is 2. The minimum atomic E-state index is -1.00. The van der Waals surface area contributed by atoms with Crippen molar-refractivity contribution >= 4 is 41.0 Å². The number of carbonyl (C=O) groups excluding carboxylic acids is 7. The molecule has 6 fully saturated rings. The molecule has 6 rings (SSSR count). The molecule has 4 unspecified atom stereocenters. The summed E-state index contributed by atoms with van der Waals surface area (Å²) in [5.41, 5.74) is 0. The van der Waals surface area contributed by atoms with E-state index in [1.165, 1.54) is 7.11 Å². The van der Waals surface area contributed by atoms with E-state index >= 15 is 0 Å². The fourth-order valence-electron chi connectivity index (χ4n) is 13.3. The fourth-order valence-corrected chi connectivity index (χ4v) is 13.3. The number of nitrogens with one attached hydrogen (secondary N) is 4. The van der Waals surface area contributed by atoms with Crippen LogP contribution < -0.4 is 21.3 Å². The molecule has 0 aliphatic carbocycles. The average molecular weight is 1400 g/mol. The first kappa shape index (κ1) is 90.1. The van der Waals surface area contributed by atoms with Crippen molar-refractivity contribution in [1.29, 1.82) is 0 Å². The highest BCUT2D eigenvalue weighted by atomic mass is 16.7. The van der Waals surface area contributed by atoms with E-state index in [0.29, 0.717) is 44.9 Å². The van der Waals surface area contributed by atoms with Crippen LogP contribution in [0.1, 0.15) is 249 Å². The van der Waals surface area contributed by atoms with Gasteiger partial charge in [0, 0.05) is 84.7 Å². The Bertz CT molecular complexity index is 2420. The number of ether oxygens (including phenoxy) is 7. The molecule has 0 aromatic heterocycles. The van der Waals surface area contributed by atoms with E-state index in [4.69, 9.17) is 33.2 Å². The lowest BCUT2D eigenvalue weighted by Gasteiger charge is -2.46. The Labute approximate surface area is 596 Å². The molecule has 6 N–H and O–H groups in total. The fraction of sp³-hybridized carbons (Fsp3) is 0.759. The average Bonchev–Trinajstić information content (AvgIpc) is 0.813. The van der Waals surface area contributed by atoms with Crippen LogP contribution in [0.2, 0.25) is 0 Å². The maximum Gasteiger partial charge on any atom is 0.225 e. The van der Waals surface area contributed by atoms with Gasteiger partial charge in [-0.1, -0.05) is 64.2 Å². The lowest BCUT2D eigenvalue weighted by molar-refractivity contribution is -0.316.